The maximum atomic E-state index is 13.1. The predicted octanol–water partition coefficient (Wildman–Crippen LogP) is 4.63. The van der Waals surface area contributed by atoms with Crippen molar-refractivity contribution in [3.05, 3.63) is 89.8 Å². The molecule has 0 unspecified atom stereocenters. The molecule has 1 aliphatic rings. The van der Waals surface area contributed by atoms with Gasteiger partial charge in [0.25, 0.3) is 0 Å². The van der Waals surface area contributed by atoms with Gasteiger partial charge in [0.05, 0.1) is 11.4 Å². The molecule has 1 aromatic heterocycles. The number of nitrogens with one attached hydrogen (secondary N) is 1. The Labute approximate surface area is 241 Å². The summed E-state index contributed by atoms with van der Waals surface area (Å²) < 4.78 is 33.9. The molecule has 1 aliphatic heterocycles. The summed E-state index contributed by atoms with van der Waals surface area (Å²) in [5.74, 6) is 1.17. The Morgan fingerprint density at radius 3 is 2.12 bits per heavy atom. The van der Waals surface area contributed by atoms with Crippen molar-refractivity contribution in [2.24, 2.45) is 0 Å². The standard InChI is InChI=1S/C31H35N5O4S/c1-22-32-30(33-40-22)26-15-11-24(12-16-26)20-36-18-17-35(21-29(36)37)19-23-9-13-25(14-10-23)27-7-5-6-8-28(27)41(38,39)34-31(2,3)4/h5-16,34H,17-21H2,1-4H3. The minimum atomic E-state index is -3.69. The number of hydrogen-bond donors (Lipinski definition) is 1. The zero-order valence-corrected chi connectivity index (χ0v) is 24.6. The lowest BCUT2D eigenvalue weighted by Crippen LogP contribution is -2.49. The first-order chi connectivity index (χ1) is 19.5. The molecule has 1 N–H and O–H groups in total. The van der Waals surface area contributed by atoms with E-state index in [1.54, 1.807) is 19.1 Å². The molecule has 1 saturated heterocycles. The molecule has 4 aromatic rings. The van der Waals surface area contributed by atoms with Crippen molar-refractivity contribution in [3.8, 4) is 22.5 Å². The van der Waals surface area contributed by atoms with Crippen LogP contribution in [-0.4, -0.2) is 59.4 Å². The Kier molecular flexibility index (Phi) is 8.08. The largest absolute Gasteiger partial charge is 0.339 e. The molecular weight excluding hydrogens is 538 g/mol. The lowest BCUT2D eigenvalue weighted by molar-refractivity contribution is -0.136. The summed E-state index contributed by atoms with van der Waals surface area (Å²) in [6, 6.07) is 22.8. The number of amides is 1. The molecule has 214 valence electrons. The molecule has 5 rings (SSSR count). The van der Waals surface area contributed by atoms with E-state index < -0.39 is 15.6 Å². The van der Waals surface area contributed by atoms with Gasteiger partial charge in [-0.1, -0.05) is 71.9 Å². The molecular formula is C31H35N5O4S. The van der Waals surface area contributed by atoms with Crippen LogP contribution in [0.2, 0.25) is 0 Å². The van der Waals surface area contributed by atoms with Gasteiger partial charge in [-0.3, -0.25) is 9.69 Å². The first kappa shape index (κ1) is 28.7. The van der Waals surface area contributed by atoms with Gasteiger partial charge in [0.15, 0.2) is 0 Å². The minimum Gasteiger partial charge on any atom is -0.339 e. The van der Waals surface area contributed by atoms with E-state index in [4.69, 9.17) is 4.52 Å². The highest BCUT2D eigenvalue weighted by molar-refractivity contribution is 7.89. The molecule has 10 heteroatoms. The smallest absolute Gasteiger partial charge is 0.241 e. The monoisotopic (exact) mass is 573 g/mol. The summed E-state index contributed by atoms with van der Waals surface area (Å²) in [5.41, 5.74) is 3.88. The van der Waals surface area contributed by atoms with E-state index in [1.165, 1.54) is 0 Å². The number of rotatable bonds is 8. The van der Waals surface area contributed by atoms with E-state index in [-0.39, 0.29) is 10.8 Å². The van der Waals surface area contributed by atoms with E-state index in [9.17, 15) is 13.2 Å². The van der Waals surface area contributed by atoms with Crippen LogP contribution in [0, 0.1) is 6.92 Å². The van der Waals surface area contributed by atoms with E-state index in [0.717, 1.165) is 28.8 Å². The van der Waals surface area contributed by atoms with E-state index in [2.05, 4.69) is 19.8 Å². The Hall–Kier alpha value is -3.86. The van der Waals surface area contributed by atoms with Gasteiger partial charge in [-0.2, -0.15) is 4.98 Å². The molecule has 2 heterocycles. The number of aryl methyl sites for hydroxylation is 1. The number of benzene rings is 3. The van der Waals surface area contributed by atoms with Crippen LogP contribution in [0.1, 0.15) is 37.8 Å². The molecule has 0 spiro atoms. The summed E-state index contributed by atoms with van der Waals surface area (Å²) in [7, 11) is -3.69. The Balaban J connectivity index is 1.19. The summed E-state index contributed by atoms with van der Waals surface area (Å²) in [5, 5.41) is 3.95. The quantitative estimate of drug-likeness (QED) is 0.327. The zero-order valence-electron chi connectivity index (χ0n) is 23.8. The summed E-state index contributed by atoms with van der Waals surface area (Å²) in [6.45, 7) is 10.2. The highest BCUT2D eigenvalue weighted by Crippen LogP contribution is 2.28. The average Bonchev–Trinajstić information content (AvgIpc) is 3.36. The predicted molar refractivity (Wildman–Crippen MR) is 157 cm³/mol. The highest BCUT2D eigenvalue weighted by atomic mass is 32.2. The normalized spacial score (nSPS) is 14.9. The van der Waals surface area contributed by atoms with Gasteiger partial charge < -0.3 is 9.42 Å². The molecule has 3 aromatic carbocycles. The van der Waals surface area contributed by atoms with Crippen LogP contribution in [0.15, 0.2) is 82.2 Å². The summed E-state index contributed by atoms with van der Waals surface area (Å²) in [6.07, 6.45) is 0. The average molecular weight is 574 g/mol. The maximum absolute atomic E-state index is 13.1. The fourth-order valence-electron chi connectivity index (χ4n) is 4.90. The van der Waals surface area contributed by atoms with Crippen LogP contribution in [0.25, 0.3) is 22.5 Å². The third kappa shape index (κ3) is 7.08. The number of piperazine rings is 1. The summed E-state index contributed by atoms with van der Waals surface area (Å²) >= 11 is 0. The van der Waals surface area contributed by atoms with Crippen LogP contribution in [-0.2, 0) is 27.9 Å². The number of hydrogen-bond acceptors (Lipinski definition) is 7. The van der Waals surface area contributed by atoms with Crippen LogP contribution < -0.4 is 4.72 Å². The lowest BCUT2D eigenvalue weighted by Gasteiger charge is -2.34. The third-order valence-electron chi connectivity index (χ3n) is 6.80. The van der Waals surface area contributed by atoms with E-state index in [0.29, 0.717) is 43.5 Å². The van der Waals surface area contributed by atoms with Crippen molar-refractivity contribution in [1.82, 2.24) is 24.7 Å². The highest BCUT2D eigenvalue weighted by Gasteiger charge is 2.26. The van der Waals surface area contributed by atoms with Gasteiger partial charge in [-0.05, 0) is 43.5 Å². The SMILES string of the molecule is Cc1nc(-c2ccc(CN3CCN(Cc4ccc(-c5ccccc5S(=O)(=O)NC(C)(C)C)cc4)CC3=O)cc2)no1. The molecule has 41 heavy (non-hydrogen) atoms. The minimum absolute atomic E-state index is 0.0937. The van der Waals surface area contributed by atoms with Crippen molar-refractivity contribution in [1.29, 1.82) is 0 Å². The van der Waals surface area contributed by atoms with Crippen LogP contribution in [0.4, 0.5) is 0 Å². The fourth-order valence-corrected chi connectivity index (χ4v) is 6.55. The molecule has 0 atom stereocenters. The first-order valence-electron chi connectivity index (χ1n) is 13.6. The second-order valence-electron chi connectivity index (χ2n) is 11.4. The van der Waals surface area contributed by atoms with Crippen LogP contribution in [0.3, 0.4) is 0 Å². The fraction of sp³-hybridized carbons (Fsp3) is 0.323. The van der Waals surface area contributed by atoms with Crippen LogP contribution >= 0.6 is 0 Å². The second-order valence-corrected chi connectivity index (χ2v) is 13.1. The molecule has 0 saturated carbocycles. The number of carbonyl (C=O) groups excluding carboxylic acids is 1. The molecule has 0 radical (unpaired) electrons. The van der Waals surface area contributed by atoms with Gasteiger partial charge in [0, 0.05) is 49.8 Å². The number of sulfonamides is 1. The molecule has 0 bridgehead atoms. The van der Waals surface area contributed by atoms with Crippen molar-refractivity contribution in [2.75, 3.05) is 19.6 Å². The third-order valence-corrected chi connectivity index (χ3v) is 8.62. The van der Waals surface area contributed by atoms with Gasteiger partial charge in [0.2, 0.25) is 27.6 Å². The first-order valence-corrected chi connectivity index (χ1v) is 15.1. The zero-order chi connectivity index (χ0) is 29.2. The van der Waals surface area contributed by atoms with Crippen molar-refractivity contribution >= 4 is 15.9 Å². The second kappa shape index (κ2) is 11.6. The van der Waals surface area contributed by atoms with Gasteiger partial charge in [-0.25, -0.2) is 13.1 Å². The van der Waals surface area contributed by atoms with Crippen molar-refractivity contribution in [2.45, 2.75) is 51.2 Å². The van der Waals surface area contributed by atoms with Gasteiger partial charge in [0.1, 0.15) is 0 Å². The topological polar surface area (TPSA) is 109 Å². The number of carbonyl (C=O) groups is 1. The molecule has 9 nitrogen and oxygen atoms in total. The molecule has 0 aliphatic carbocycles. The Morgan fingerprint density at radius 1 is 0.878 bits per heavy atom. The van der Waals surface area contributed by atoms with Crippen molar-refractivity contribution in [3.63, 3.8) is 0 Å². The molecule has 1 fully saturated rings. The Morgan fingerprint density at radius 2 is 1.51 bits per heavy atom. The lowest BCUT2D eigenvalue weighted by atomic mass is 10.0. The van der Waals surface area contributed by atoms with Gasteiger partial charge >= 0.3 is 0 Å². The maximum Gasteiger partial charge on any atom is 0.241 e. The number of nitrogens with zero attached hydrogens (tertiary/aromatic N) is 4. The van der Waals surface area contributed by atoms with E-state index >= 15 is 0 Å². The molecule has 1 amide bonds. The van der Waals surface area contributed by atoms with Crippen molar-refractivity contribution < 1.29 is 17.7 Å². The van der Waals surface area contributed by atoms with Gasteiger partial charge in [-0.15, -0.1) is 0 Å². The summed E-state index contributed by atoms with van der Waals surface area (Å²) in [4.78, 5) is 21.5. The Bertz CT molecular complexity index is 1620. The number of aromatic nitrogens is 2. The van der Waals surface area contributed by atoms with Crippen LogP contribution in [0.5, 0.6) is 0 Å². The van der Waals surface area contributed by atoms with E-state index in [1.807, 2.05) is 86.3 Å².